The number of ether oxygens (including phenoxy) is 1. The minimum absolute atomic E-state index is 0. The van der Waals surface area contributed by atoms with E-state index in [4.69, 9.17) is 4.74 Å². The molecule has 1 atom stereocenters. The van der Waals surface area contributed by atoms with Crippen molar-refractivity contribution in [1.82, 2.24) is 4.90 Å². The van der Waals surface area contributed by atoms with Gasteiger partial charge in [0.25, 0.3) is 0 Å². The number of esters is 1. The minimum atomic E-state index is -0.580. The van der Waals surface area contributed by atoms with E-state index in [9.17, 15) is 9.18 Å². The third-order valence-corrected chi connectivity index (χ3v) is 3.67. The molecular weight excluding hydrogens is 295 g/mol. The molecule has 1 N–H and O–H groups in total. The van der Waals surface area contributed by atoms with E-state index in [0.717, 1.165) is 32.7 Å². The Morgan fingerprint density at radius 1 is 1.38 bits per heavy atom. The summed E-state index contributed by atoms with van der Waals surface area (Å²) < 4.78 is 18.8. The van der Waals surface area contributed by atoms with E-state index >= 15 is 0 Å². The number of hydrogen-bond donors (Lipinski definition) is 1. The van der Waals surface area contributed by atoms with Crippen LogP contribution in [0.2, 0.25) is 0 Å². The number of carbonyl (C=O) groups excluding carboxylic acids is 1. The van der Waals surface area contributed by atoms with Crippen LogP contribution in [0.25, 0.3) is 0 Å². The van der Waals surface area contributed by atoms with Crippen LogP contribution < -0.4 is 17.3 Å². The number of nitrogens with one attached hydrogen (secondary N) is 1. The van der Waals surface area contributed by atoms with Crippen LogP contribution in [0, 0.1) is 5.82 Å². The fourth-order valence-corrected chi connectivity index (χ4v) is 2.46. The van der Waals surface area contributed by atoms with E-state index in [1.54, 1.807) is 12.1 Å². The summed E-state index contributed by atoms with van der Waals surface area (Å²) in [5, 5.41) is 0. The van der Waals surface area contributed by atoms with Crippen LogP contribution in [-0.4, -0.2) is 56.7 Å². The molecule has 0 radical (unpaired) electrons. The molecule has 118 valence electrons. The molecule has 0 saturated carbocycles. The Balaban J connectivity index is 0.00000220. The zero-order chi connectivity index (χ0) is 14.5. The molecule has 0 aliphatic carbocycles. The quantitative estimate of drug-likeness (QED) is 0.610. The number of benzene rings is 1. The molecule has 1 fully saturated rings. The third-order valence-electron chi connectivity index (χ3n) is 3.67. The van der Waals surface area contributed by atoms with Crippen molar-refractivity contribution in [3.8, 4) is 0 Å². The van der Waals surface area contributed by atoms with Gasteiger partial charge in [0.2, 0.25) is 0 Å². The summed E-state index contributed by atoms with van der Waals surface area (Å²) in [5.41, 5.74) is 0.00716. The highest BCUT2D eigenvalue weighted by molar-refractivity contribution is 5.89. The smallest absolute Gasteiger partial charge is 0.341 e. The molecule has 1 aliphatic rings. The van der Waals surface area contributed by atoms with Gasteiger partial charge in [0, 0.05) is 13.1 Å². The zero-order valence-corrected chi connectivity index (χ0v) is 13.2. The van der Waals surface area contributed by atoms with Crippen molar-refractivity contribution in [2.24, 2.45) is 0 Å². The number of quaternary nitrogens is 1. The molecule has 21 heavy (non-hydrogen) atoms. The molecule has 1 heterocycles. The van der Waals surface area contributed by atoms with Crippen molar-refractivity contribution in [3.05, 3.63) is 35.6 Å². The standard InChI is InChI=1S/C15H21FN2O2.ClH/c1-12(11-18-9-7-17(2)8-10-18)20-15(19)13-5-3-4-6-14(13)16;/h3-6,12H,7-11H2,1-2H3;1H. The van der Waals surface area contributed by atoms with Gasteiger partial charge in [-0.1, -0.05) is 12.1 Å². The molecule has 0 spiro atoms. The first-order valence-corrected chi connectivity index (χ1v) is 7.04. The molecule has 1 aromatic rings. The van der Waals surface area contributed by atoms with Crippen LogP contribution in [0.15, 0.2) is 24.3 Å². The molecule has 4 nitrogen and oxygen atoms in total. The van der Waals surface area contributed by atoms with Crippen LogP contribution in [0.3, 0.4) is 0 Å². The van der Waals surface area contributed by atoms with Crippen LogP contribution in [0.1, 0.15) is 17.3 Å². The summed E-state index contributed by atoms with van der Waals surface area (Å²) in [7, 11) is 2.11. The van der Waals surface area contributed by atoms with Crippen molar-refractivity contribution in [2.75, 3.05) is 39.8 Å². The monoisotopic (exact) mass is 316 g/mol. The molecule has 6 heteroatoms. The van der Waals surface area contributed by atoms with Gasteiger partial charge >= 0.3 is 5.97 Å². The SMILES string of the molecule is CC(C[NH+]1CCN(C)CC1)OC(=O)c1ccccc1F.[Cl-]. The number of rotatable bonds is 4. The highest BCUT2D eigenvalue weighted by Gasteiger charge is 2.22. The molecule has 0 bridgehead atoms. The van der Waals surface area contributed by atoms with E-state index in [2.05, 4.69) is 11.9 Å². The lowest BCUT2D eigenvalue weighted by molar-refractivity contribution is -0.907. The molecular formula is C15H22ClFN2O2. The predicted octanol–water partition coefficient (Wildman–Crippen LogP) is -2.79. The second-order valence-corrected chi connectivity index (χ2v) is 5.45. The third kappa shape index (κ3) is 5.26. The highest BCUT2D eigenvalue weighted by atomic mass is 35.5. The maximum atomic E-state index is 13.5. The maximum absolute atomic E-state index is 13.5. The lowest BCUT2D eigenvalue weighted by Crippen LogP contribution is -3.15. The highest BCUT2D eigenvalue weighted by Crippen LogP contribution is 2.08. The Morgan fingerprint density at radius 2 is 2.00 bits per heavy atom. The summed E-state index contributed by atoms with van der Waals surface area (Å²) in [6.07, 6.45) is -0.208. The molecule has 1 aromatic carbocycles. The number of halogens is 2. The van der Waals surface area contributed by atoms with Crippen molar-refractivity contribution < 1.29 is 31.2 Å². The first-order chi connectivity index (χ1) is 9.56. The Morgan fingerprint density at radius 3 is 2.62 bits per heavy atom. The molecule has 0 amide bonds. The van der Waals surface area contributed by atoms with Gasteiger partial charge in [0.05, 0.1) is 18.7 Å². The van der Waals surface area contributed by atoms with Gasteiger partial charge in [-0.3, -0.25) is 4.90 Å². The molecule has 1 saturated heterocycles. The van der Waals surface area contributed by atoms with Crippen LogP contribution in [0.4, 0.5) is 4.39 Å². The van der Waals surface area contributed by atoms with Crippen molar-refractivity contribution in [3.63, 3.8) is 0 Å². The summed E-state index contributed by atoms with van der Waals surface area (Å²) in [5.74, 6) is -1.11. The van der Waals surface area contributed by atoms with Crippen molar-refractivity contribution in [1.29, 1.82) is 0 Å². The second kappa shape index (κ2) is 8.32. The Labute approximate surface area is 131 Å². The topological polar surface area (TPSA) is 34.0 Å². The maximum Gasteiger partial charge on any atom is 0.341 e. The van der Waals surface area contributed by atoms with E-state index in [0.29, 0.717) is 0 Å². The zero-order valence-electron chi connectivity index (χ0n) is 12.4. The lowest BCUT2D eigenvalue weighted by Gasteiger charge is -2.30. The Kier molecular flexibility index (Phi) is 7.08. The fourth-order valence-electron chi connectivity index (χ4n) is 2.46. The van der Waals surface area contributed by atoms with Crippen molar-refractivity contribution >= 4 is 5.97 Å². The summed E-state index contributed by atoms with van der Waals surface area (Å²) >= 11 is 0. The summed E-state index contributed by atoms with van der Waals surface area (Å²) in [4.78, 5) is 15.6. The number of likely N-dealkylation sites (N-methyl/N-ethyl adjacent to an activating group) is 1. The van der Waals surface area contributed by atoms with E-state index in [-0.39, 0.29) is 24.1 Å². The van der Waals surface area contributed by atoms with Gasteiger partial charge in [-0.25, -0.2) is 9.18 Å². The molecule has 1 aliphatic heterocycles. The first kappa shape index (κ1) is 17.9. The largest absolute Gasteiger partial charge is 1.00 e. The molecule has 1 unspecified atom stereocenters. The number of piperazine rings is 1. The average molecular weight is 317 g/mol. The number of carbonyl (C=O) groups is 1. The van der Waals surface area contributed by atoms with E-state index < -0.39 is 11.8 Å². The van der Waals surface area contributed by atoms with Gasteiger partial charge in [-0.05, 0) is 26.1 Å². The van der Waals surface area contributed by atoms with Crippen LogP contribution >= 0.6 is 0 Å². The van der Waals surface area contributed by atoms with Crippen molar-refractivity contribution in [2.45, 2.75) is 13.0 Å². The predicted molar refractivity (Wildman–Crippen MR) is 74.3 cm³/mol. The number of hydrogen-bond acceptors (Lipinski definition) is 3. The summed E-state index contributed by atoms with van der Waals surface area (Å²) in [6.45, 7) is 6.86. The van der Waals surface area contributed by atoms with E-state index in [1.165, 1.54) is 17.0 Å². The second-order valence-electron chi connectivity index (χ2n) is 5.45. The average Bonchev–Trinajstić information content (AvgIpc) is 2.41. The molecule has 2 rings (SSSR count). The number of nitrogens with zero attached hydrogens (tertiary/aromatic N) is 1. The van der Waals surface area contributed by atoms with Crippen LogP contribution in [0.5, 0.6) is 0 Å². The first-order valence-electron chi connectivity index (χ1n) is 7.04. The van der Waals surface area contributed by atoms with E-state index in [1.807, 2.05) is 6.92 Å². The van der Waals surface area contributed by atoms with Gasteiger partial charge in [0.1, 0.15) is 18.5 Å². The Hall–Kier alpha value is -1.17. The fraction of sp³-hybridized carbons (Fsp3) is 0.533. The minimum Gasteiger partial charge on any atom is -1.00 e. The van der Waals surface area contributed by atoms with Crippen LogP contribution in [-0.2, 0) is 4.74 Å². The normalized spacial score (nSPS) is 17.9. The van der Waals surface area contributed by atoms with Gasteiger partial charge in [0.15, 0.2) is 0 Å². The summed E-state index contributed by atoms with van der Waals surface area (Å²) in [6, 6.07) is 5.92. The van der Waals surface area contributed by atoms with Gasteiger partial charge < -0.3 is 22.0 Å². The Bertz CT molecular complexity index is 465. The lowest BCUT2D eigenvalue weighted by atomic mass is 10.2. The van der Waals surface area contributed by atoms with Gasteiger partial charge in [-0.2, -0.15) is 0 Å². The molecule has 0 aromatic heterocycles. The van der Waals surface area contributed by atoms with Gasteiger partial charge in [-0.15, -0.1) is 0 Å².